The number of likely N-dealkylation sites (tertiary alicyclic amines) is 1. The molecule has 0 spiro atoms. The van der Waals surface area contributed by atoms with Gasteiger partial charge >= 0.3 is 5.97 Å². The summed E-state index contributed by atoms with van der Waals surface area (Å²) in [7, 11) is 0. The van der Waals surface area contributed by atoms with E-state index in [1.54, 1.807) is 4.90 Å². The van der Waals surface area contributed by atoms with Gasteiger partial charge in [0.25, 0.3) is 0 Å². The van der Waals surface area contributed by atoms with E-state index >= 15 is 0 Å². The second-order valence-electron chi connectivity index (χ2n) is 6.01. The van der Waals surface area contributed by atoms with Crippen LogP contribution in [-0.2, 0) is 9.59 Å². The first kappa shape index (κ1) is 13.4. The molecule has 2 rings (SSSR count). The van der Waals surface area contributed by atoms with Crippen molar-refractivity contribution >= 4 is 11.9 Å². The third-order valence-corrected chi connectivity index (χ3v) is 4.39. The van der Waals surface area contributed by atoms with Crippen molar-refractivity contribution in [3.8, 4) is 0 Å². The van der Waals surface area contributed by atoms with Crippen molar-refractivity contribution in [1.82, 2.24) is 4.90 Å². The van der Waals surface area contributed by atoms with E-state index < -0.39 is 5.97 Å². The molecule has 4 heteroatoms. The average Bonchev–Trinajstić information content (AvgIpc) is 2.75. The lowest BCUT2D eigenvalue weighted by Gasteiger charge is -2.31. The number of hydrogen-bond donors (Lipinski definition) is 1. The molecule has 4 nitrogen and oxygen atoms in total. The van der Waals surface area contributed by atoms with Crippen LogP contribution in [0.1, 0.15) is 45.4 Å². The Hall–Kier alpha value is -1.06. The second-order valence-corrected chi connectivity index (χ2v) is 6.01. The maximum absolute atomic E-state index is 12.2. The van der Waals surface area contributed by atoms with Crippen LogP contribution >= 0.6 is 0 Å². The minimum absolute atomic E-state index is 0.167. The topological polar surface area (TPSA) is 57.6 Å². The molecule has 102 valence electrons. The fourth-order valence-corrected chi connectivity index (χ4v) is 3.29. The average molecular weight is 253 g/mol. The number of nitrogens with zero attached hydrogens (tertiary/aromatic N) is 1. The van der Waals surface area contributed by atoms with Crippen LogP contribution in [0.15, 0.2) is 0 Å². The van der Waals surface area contributed by atoms with E-state index in [9.17, 15) is 9.59 Å². The van der Waals surface area contributed by atoms with Crippen molar-refractivity contribution in [3.63, 3.8) is 0 Å². The van der Waals surface area contributed by atoms with Gasteiger partial charge in [0.15, 0.2) is 0 Å². The standard InChI is InChI=1S/C14H23NO3/c1-10-4-5-11(7-10)8-13(16)15-6-2-3-12(9-15)14(17)18/h10-12H,2-9H2,1H3,(H,17,18). The summed E-state index contributed by atoms with van der Waals surface area (Å²) in [5, 5.41) is 9.02. The molecule has 1 amide bonds. The molecular formula is C14H23NO3. The molecule has 1 N–H and O–H groups in total. The zero-order chi connectivity index (χ0) is 13.1. The van der Waals surface area contributed by atoms with Crippen LogP contribution in [0.4, 0.5) is 0 Å². The van der Waals surface area contributed by atoms with Crippen molar-refractivity contribution in [2.45, 2.75) is 45.4 Å². The second kappa shape index (κ2) is 5.72. The summed E-state index contributed by atoms with van der Waals surface area (Å²) in [6.45, 7) is 3.40. The molecular weight excluding hydrogens is 230 g/mol. The van der Waals surface area contributed by atoms with Gasteiger partial charge in [-0.25, -0.2) is 0 Å². The highest BCUT2D eigenvalue weighted by molar-refractivity contribution is 5.78. The van der Waals surface area contributed by atoms with E-state index in [0.29, 0.717) is 25.3 Å². The van der Waals surface area contributed by atoms with Crippen LogP contribution in [0.25, 0.3) is 0 Å². The number of piperidine rings is 1. The zero-order valence-corrected chi connectivity index (χ0v) is 11.1. The molecule has 0 aromatic carbocycles. The summed E-state index contributed by atoms with van der Waals surface area (Å²) >= 11 is 0. The Morgan fingerprint density at radius 1 is 1.28 bits per heavy atom. The highest BCUT2D eigenvalue weighted by Crippen LogP contribution is 2.33. The minimum atomic E-state index is -0.762. The van der Waals surface area contributed by atoms with Gasteiger partial charge in [-0.15, -0.1) is 0 Å². The number of hydrogen-bond acceptors (Lipinski definition) is 2. The molecule has 2 aliphatic rings. The molecule has 3 atom stereocenters. The van der Waals surface area contributed by atoms with Crippen LogP contribution in [0.2, 0.25) is 0 Å². The Kier molecular flexibility index (Phi) is 4.25. The van der Waals surface area contributed by atoms with E-state index in [4.69, 9.17) is 5.11 Å². The predicted octanol–water partition coefficient (Wildman–Crippen LogP) is 2.14. The Bertz CT molecular complexity index is 329. The summed E-state index contributed by atoms with van der Waals surface area (Å²) in [4.78, 5) is 24.9. The van der Waals surface area contributed by atoms with Gasteiger partial charge in [-0.3, -0.25) is 9.59 Å². The molecule has 0 radical (unpaired) electrons. The molecule has 1 heterocycles. The lowest BCUT2D eigenvalue weighted by atomic mass is 9.96. The Morgan fingerprint density at radius 2 is 2.06 bits per heavy atom. The van der Waals surface area contributed by atoms with Gasteiger partial charge < -0.3 is 10.0 Å². The molecule has 18 heavy (non-hydrogen) atoms. The van der Waals surface area contributed by atoms with Crippen molar-refractivity contribution in [1.29, 1.82) is 0 Å². The van der Waals surface area contributed by atoms with Gasteiger partial charge in [0.2, 0.25) is 5.91 Å². The first-order valence-electron chi connectivity index (χ1n) is 7.07. The molecule has 2 fully saturated rings. The van der Waals surface area contributed by atoms with Crippen molar-refractivity contribution in [2.75, 3.05) is 13.1 Å². The number of carbonyl (C=O) groups is 2. The number of aliphatic carboxylic acids is 1. The maximum Gasteiger partial charge on any atom is 0.308 e. The lowest BCUT2D eigenvalue weighted by molar-refractivity contribution is -0.145. The number of carbonyl (C=O) groups excluding carboxylic acids is 1. The SMILES string of the molecule is CC1CCC(CC(=O)N2CCCC(C(=O)O)C2)C1. The molecule has 0 aromatic heterocycles. The third kappa shape index (κ3) is 3.24. The van der Waals surface area contributed by atoms with Gasteiger partial charge in [-0.2, -0.15) is 0 Å². The summed E-state index contributed by atoms with van der Waals surface area (Å²) in [5.41, 5.74) is 0. The number of carboxylic acid groups (broad SMARTS) is 1. The van der Waals surface area contributed by atoms with E-state index in [2.05, 4.69) is 6.92 Å². The fourth-order valence-electron chi connectivity index (χ4n) is 3.29. The Morgan fingerprint density at radius 3 is 2.67 bits per heavy atom. The van der Waals surface area contributed by atoms with Gasteiger partial charge in [0.1, 0.15) is 0 Å². The third-order valence-electron chi connectivity index (χ3n) is 4.39. The van der Waals surface area contributed by atoms with Crippen LogP contribution in [0.3, 0.4) is 0 Å². The molecule has 1 aliphatic carbocycles. The Labute approximate surface area is 108 Å². The monoisotopic (exact) mass is 253 g/mol. The Balaban J connectivity index is 1.83. The smallest absolute Gasteiger partial charge is 0.308 e. The molecule has 0 aromatic rings. The minimum Gasteiger partial charge on any atom is -0.481 e. The first-order chi connectivity index (χ1) is 8.56. The first-order valence-corrected chi connectivity index (χ1v) is 7.07. The fraction of sp³-hybridized carbons (Fsp3) is 0.857. The maximum atomic E-state index is 12.2. The molecule has 1 aliphatic heterocycles. The van der Waals surface area contributed by atoms with Crippen molar-refractivity contribution in [2.24, 2.45) is 17.8 Å². The number of rotatable bonds is 3. The molecule has 1 saturated heterocycles. The van der Waals surface area contributed by atoms with Gasteiger partial charge in [-0.05, 0) is 37.5 Å². The van der Waals surface area contributed by atoms with Gasteiger partial charge in [0.05, 0.1) is 5.92 Å². The number of carboxylic acids is 1. The highest BCUT2D eigenvalue weighted by atomic mass is 16.4. The van der Waals surface area contributed by atoms with E-state index in [1.165, 1.54) is 6.42 Å². The van der Waals surface area contributed by atoms with E-state index in [0.717, 1.165) is 31.7 Å². The summed E-state index contributed by atoms with van der Waals surface area (Å²) < 4.78 is 0. The lowest BCUT2D eigenvalue weighted by Crippen LogP contribution is -2.42. The quantitative estimate of drug-likeness (QED) is 0.838. The highest BCUT2D eigenvalue weighted by Gasteiger charge is 2.30. The van der Waals surface area contributed by atoms with Crippen LogP contribution in [0.5, 0.6) is 0 Å². The van der Waals surface area contributed by atoms with E-state index in [-0.39, 0.29) is 11.8 Å². The largest absolute Gasteiger partial charge is 0.481 e. The molecule has 1 saturated carbocycles. The van der Waals surface area contributed by atoms with Gasteiger partial charge in [0, 0.05) is 19.5 Å². The van der Waals surface area contributed by atoms with Crippen LogP contribution in [-0.4, -0.2) is 35.0 Å². The molecule has 0 bridgehead atoms. The number of amides is 1. The summed E-state index contributed by atoms with van der Waals surface area (Å²) in [6.07, 6.45) is 5.70. The van der Waals surface area contributed by atoms with Crippen LogP contribution in [0, 0.1) is 17.8 Å². The van der Waals surface area contributed by atoms with E-state index in [1.807, 2.05) is 0 Å². The summed E-state index contributed by atoms with van der Waals surface area (Å²) in [6, 6.07) is 0. The van der Waals surface area contributed by atoms with Crippen LogP contribution < -0.4 is 0 Å². The van der Waals surface area contributed by atoms with Crippen molar-refractivity contribution in [3.05, 3.63) is 0 Å². The normalized spacial score (nSPS) is 32.5. The summed E-state index contributed by atoms with van der Waals surface area (Å²) in [5.74, 6) is 0.320. The van der Waals surface area contributed by atoms with Crippen molar-refractivity contribution < 1.29 is 14.7 Å². The predicted molar refractivity (Wildman–Crippen MR) is 68.1 cm³/mol. The van der Waals surface area contributed by atoms with Gasteiger partial charge in [-0.1, -0.05) is 13.3 Å². The zero-order valence-electron chi connectivity index (χ0n) is 11.1. The molecule has 3 unspecified atom stereocenters.